The van der Waals surface area contributed by atoms with Crippen LogP contribution in [-0.2, 0) is 0 Å². The molecule has 0 fully saturated rings. The molecular formula is C10H13IN2O. The summed E-state index contributed by atoms with van der Waals surface area (Å²) in [6, 6.07) is 7.50. The topological polar surface area (TPSA) is 32.3 Å². The fraction of sp³-hybridized carbons (Fsp3) is 0.300. The summed E-state index contributed by atoms with van der Waals surface area (Å²) in [4.78, 5) is 13.4. The van der Waals surface area contributed by atoms with E-state index in [1.807, 2.05) is 43.3 Å². The van der Waals surface area contributed by atoms with E-state index in [-0.39, 0.29) is 5.91 Å². The van der Waals surface area contributed by atoms with Crippen LogP contribution in [0.2, 0.25) is 0 Å². The number of carbonyl (C=O) groups is 1. The molecule has 1 N–H and O–H groups in total. The van der Waals surface area contributed by atoms with E-state index in [1.165, 1.54) is 0 Å². The second kappa shape index (κ2) is 5.31. The summed E-state index contributed by atoms with van der Waals surface area (Å²) in [6.45, 7) is 0.560. The van der Waals surface area contributed by atoms with Crippen molar-refractivity contribution in [1.29, 1.82) is 0 Å². The molecule has 0 heterocycles. The number of rotatable bonds is 3. The molecule has 1 amide bonds. The minimum Gasteiger partial charge on any atom is -0.339 e. The highest BCUT2D eigenvalue weighted by atomic mass is 127. The van der Waals surface area contributed by atoms with Gasteiger partial charge in [-0.25, -0.2) is 0 Å². The van der Waals surface area contributed by atoms with Crippen molar-refractivity contribution in [3.8, 4) is 0 Å². The van der Waals surface area contributed by atoms with E-state index in [0.717, 1.165) is 3.57 Å². The highest BCUT2D eigenvalue weighted by Crippen LogP contribution is 2.06. The first kappa shape index (κ1) is 11.5. The maximum Gasteiger partial charge on any atom is 0.252 e. The van der Waals surface area contributed by atoms with Crippen molar-refractivity contribution in [2.24, 2.45) is 0 Å². The molecule has 0 aliphatic carbocycles. The monoisotopic (exact) mass is 304 g/mol. The number of hydrogen-bond donors (Lipinski definition) is 1. The number of halogens is 1. The van der Waals surface area contributed by atoms with Crippen LogP contribution in [0.25, 0.3) is 0 Å². The van der Waals surface area contributed by atoms with Crippen molar-refractivity contribution < 1.29 is 4.79 Å². The third-order valence-corrected chi connectivity index (χ3v) is 2.38. The van der Waals surface area contributed by atoms with E-state index in [9.17, 15) is 4.79 Å². The second-order valence-corrected chi connectivity index (χ2v) is 4.50. The normalized spacial score (nSPS) is 10.3. The Balaban J connectivity index is 2.57. The molecule has 3 nitrogen and oxygen atoms in total. The van der Waals surface area contributed by atoms with Gasteiger partial charge in [-0.1, -0.05) is 0 Å². The summed E-state index contributed by atoms with van der Waals surface area (Å²) >= 11 is 2.21. The van der Waals surface area contributed by atoms with Crippen LogP contribution in [0.5, 0.6) is 0 Å². The third-order valence-electron chi connectivity index (χ3n) is 1.66. The summed E-state index contributed by atoms with van der Waals surface area (Å²) in [7, 11) is 3.82. The fourth-order valence-corrected chi connectivity index (χ4v) is 1.29. The van der Waals surface area contributed by atoms with E-state index in [2.05, 4.69) is 27.9 Å². The first-order valence-electron chi connectivity index (χ1n) is 4.28. The van der Waals surface area contributed by atoms with Gasteiger partial charge in [-0.15, -0.1) is 0 Å². The lowest BCUT2D eigenvalue weighted by molar-refractivity contribution is 0.0935. The van der Waals surface area contributed by atoms with E-state index in [1.54, 1.807) is 0 Å². The lowest BCUT2D eigenvalue weighted by Crippen LogP contribution is -2.32. The minimum atomic E-state index is -0.0323. The van der Waals surface area contributed by atoms with E-state index in [4.69, 9.17) is 0 Å². The second-order valence-electron chi connectivity index (χ2n) is 3.25. The number of carbonyl (C=O) groups excluding carboxylic acids is 1. The van der Waals surface area contributed by atoms with E-state index < -0.39 is 0 Å². The number of nitrogens with one attached hydrogen (secondary N) is 1. The predicted molar refractivity (Wildman–Crippen MR) is 65.2 cm³/mol. The molecule has 0 radical (unpaired) electrons. The van der Waals surface area contributed by atoms with Crippen molar-refractivity contribution in [3.05, 3.63) is 33.4 Å². The van der Waals surface area contributed by atoms with Crippen LogP contribution in [0.4, 0.5) is 0 Å². The average molecular weight is 304 g/mol. The summed E-state index contributed by atoms with van der Waals surface area (Å²) in [5.74, 6) is -0.0323. The van der Waals surface area contributed by atoms with Gasteiger partial charge in [0.1, 0.15) is 0 Å². The summed E-state index contributed by atoms with van der Waals surface area (Å²) in [6.07, 6.45) is 0. The van der Waals surface area contributed by atoms with Crippen LogP contribution in [0.3, 0.4) is 0 Å². The Bertz CT molecular complexity index is 308. The van der Waals surface area contributed by atoms with Gasteiger partial charge in [-0.05, 0) is 61.0 Å². The van der Waals surface area contributed by atoms with Crippen LogP contribution >= 0.6 is 22.6 Å². The van der Waals surface area contributed by atoms with Gasteiger partial charge in [0.05, 0.1) is 6.67 Å². The fourth-order valence-electron chi connectivity index (χ4n) is 0.933. The summed E-state index contributed by atoms with van der Waals surface area (Å²) in [5, 5.41) is 2.80. The van der Waals surface area contributed by atoms with Gasteiger partial charge in [-0.2, -0.15) is 0 Å². The Kier molecular flexibility index (Phi) is 4.34. The lowest BCUT2D eigenvalue weighted by atomic mass is 10.2. The molecule has 0 bridgehead atoms. The molecule has 1 aromatic rings. The minimum absolute atomic E-state index is 0.0323. The smallest absolute Gasteiger partial charge is 0.252 e. The van der Waals surface area contributed by atoms with Crippen LogP contribution in [0.15, 0.2) is 24.3 Å². The molecule has 0 saturated carbocycles. The number of hydrogen-bond acceptors (Lipinski definition) is 2. The standard InChI is InChI=1S/C10H13IN2O/c1-13(2)7-12-10(14)8-3-5-9(11)6-4-8/h3-6H,7H2,1-2H3,(H,12,14). The van der Waals surface area contributed by atoms with Crippen molar-refractivity contribution in [3.63, 3.8) is 0 Å². The molecule has 4 heteroatoms. The van der Waals surface area contributed by atoms with Gasteiger partial charge in [-0.3, -0.25) is 9.69 Å². The quantitative estimate of drug-likeness (QED) is 0.679. The van der Waals surface area contributed by atoms with Gasteiger partial charge in [0.25, 0.3) is 5.91 Å². The predicted octanol–water partition coefficient (Wildman–Crippen LogP) is 1.54. The molecule has 0 aliphatic heterocycles. The highest BCUT2D eigenvalue weighted by molar-refractivity contribution is 14.1. The molecule has 0 saturated heterocycles. The summed E-state index contributed by atoms with van der Waals surface area (Å²) < 4.78 is 1.13. The zero-order chi connectivity index (χ0) is 10.6. The van der Waals surface area contributed by atoms with Crippen LogP contribution in [-0.4, -0.2) is 31.6 Å². The molecule has 1 rings (SSSR count). The maximum absolute atomic E-state index is 11.5. The van der Waals surface area contributed by atoms with Gasteiger partial charge >= 0.3 is 0 Å². The van der Waals surface area contributed by atoms with Crippen molar-refractivity contribution >= 4 is 28.5 Å². The maximum atomic E-state index is 11.5. The van der Waals surface area contributed by atoms with Gasteiger partial charge in [0.2, 0.25) is 0 Å². The molecule has 0 aromatic heterocycles. The van der Waals surface area contributed by atoms with Gasteiger partial charge < -0.3 is 5.32 Å². The summed E-state index contributed by atoms with van der Waals surface area (Å²) in [5.41, 5.74) is 0.701. The van der Waals surface area contributed by atoms with Gasteiger partial charge in [0.15, 0.2) is 0 Å². The highest BCUT2D eigenvalue weighted by Gasteiger charge is 2.03. The molecule has 0 spiro atoms. The Morgan fingerprint density at radius 2 is 1.93 bits per heavy atom. The Morgan fingerprint density at radius 3 is 2.43 bits per heavy atom. The van der Waals surface area contributed by atoms with Gasteiger partial charge in [0, 0.05) is 9.13 Å². The molecule has 14 heavy (non-hydrogen) atoms. The Hall–Kier alpha value is -0.620. The molecule has 0 unspecified atom stereocenters. The molecule has 0 atom stereocenters. The van der Waals surface area contributed by atoms with Crippen LogP contribution in [0, 0.1) is 3.57 Å². The zero-order valence-corrected chi connectivity index (χ0v) is 10.4. The van der Waals surface area contributed by atoms with E-state index >= 15 is 0 Å². The van der Waals surface area contributed by atoms with Crippen molar-refractivity contribution in [2.75, 3.05) is 20.8 Å². The Labute approximate surface area is 97.6 Å². The first-order chi connectivity index (χ1) is 6.59. The third kappa shape index (κ3) is 3.63. The first-order valence-corrected chi connectivity index (χ1v) is 5.36. The molecule has 0 aliphatic rings. The number of benzene rings is 1. The molecular weight excluding hydrogens is 291 g/mol. The van der Waals surface area contributed by atoms with Crippen molar-refractivity contribution in [2.45, 2.75) is 0 Å². The van der Waals surface area contributed by atoms with E-state index in [0.29, 0.717) is 12.2 Å². The lowest BCUT2D eigenvalue weighted by Gasteiger charge is -2.10. The molecule has 1 aromatic carbocycles. The average Bonchev–Trinajstić information content (AvgIpc) is 2.15. The number of nitrogens with zero attached hydrogens (tertiary/aromatic N) is 1. The van der Waals surface area contributed by atoms with Crippen LogP contribution < -0.4 is 5.32 Å². The largest absolute Gasteiger partial charge is 0.339 e. The zero-order valence-electron chi connectivity index (χ0n) is 8.25. The molecule has 76 valence electrons. The SMILES string of the molecule is CN(C)CNC(=O)c1ccc(I)cc1. The van der Waals surface area contributed by atoms with Crippen LogP contribution in [0.1, 0.15) is 10.4 Å². The number of amides is 1. The van der Waals surface area contributed by atoms with Crippen molar-refractivity contribution in [1.82, 2.24) is 10.2 Å². The Morgan fingerprint density at radius 1 is 1.36 bits per heavy atom.